The summed E-state index contributed by atoms with van der Waals surface area (Å²) in [6.07, 6.45) is 3.93. The number of benzene rings is 2. The maximum Gasteiger partial charge on any atom is 0.260 e. The van der Waals surface area contributed by atoms with Gasteiger partial charge in [0.2, 0.25) is 0 Å². The lowest BCUT2D eigenvalue weighted by molar-refractivity contribution is 0.0972. The molecule has 0 aromatic heterocycles. The lowest BCUT2D eigenvalue weighted by atomic mass is 10.1. The van der Waals surface area contributed by atoms with E-state index < -0.39 is 5.82 Å². The van der Waals surface area contributed by atoms with Gasteiger partial charge in [0.1, 0.15) is 6.17 Å². The zero-order valence-electron chi connectivity index (χ0n) is 16.4. The number of hydrogen-bond donors (Lipinski definition) is 0. The molecule has 5 nitrogen and oxygen atoms in total. The molecule has 1 saturated carbocycles. The van der Waals surface area contributed by atoms with Crippen LogP contribution in [0.15, 0.2) is 36.4 Å². The lowest BCUT2D eigenvalue weighted by Gasteiger charge is -2.31. The van der Waals surface area contributed by atoms with Gasteiger partial charge in [-0.1, -0.05) is 18.2 Å². The van der Waals surface area contributed by atoms with E-state index in [-0.39, 0.29) is 23.9 Å². The van der Waals surface area contributed by atoms with Crippen LogP contribution >= 0.6 is 0 Å². The monoisotopic (exact) mass is 384 g/mol. The van der Waals surface area contributed by atoms with E-state index in [4.69, 9.17) is 9.47 Å². The molecular weight excluding hydrogens is 359 g/mol. The summed E-state index contributed by atoms with van der Waals surface area (Å²) < 4.78 is 26.5. The Hall–Kier alpha value is -2.60. The maximum atomic E-state index is 15.1. The highest BCUT2D eigenvalue weighted by Gasteiger charge is 2.40. The minimum Gasteiger partial charge on any atom is -0.493 e. The number of hydrogen-bond acceptors (Lipinski definition) is 4. The highest BCUT2D eigenvalue weighted by atomic mass is 19.1. The standard InChI is InChI=1S/C22H25FN2O3/c1-24(2)21-15-10-6-7-11-16(15)22(26)25(21)18-13-20(19(27-3)12-17(18)23)28-14-8-4-5-9-14/h6-7,10-14,21H,4-5,8-9H2,1-3H3. The van der Waals surface area contributed by atoms with Gasteiger partial charge in [-0.25, -0.2) is 4.39 Å². The molecule has 148 valence electrons. The Balaban J connectivity index is 1.78. The summed E-state index contributed by atoms with van der Waals surface area (Å²) in [4.78, 5) is 16.5. The van der Waals surface area contributed by atoms with Gasteiger partial charge in [-0.05, 0) is 45.8 Å². The second-order valence-electron chi connectivity index (χ2n) is 7.58. The van der Waals surface area contributed by atoms with Crippen LogP contribution in [0.2, 0.25) is 0 Å². The summed E-state index contributed by atoms with van der Waals surface area (Å²) in [5.41, 5.74) is 1.66. The third-order valence-electron chi connectivity index (χ3n) is 5.51. The van der Waals surface area contributed by atoms with Crippen molar-refractivity contribution in [3.63, 3.8) is 0 Å². The van der Waals surface area contributed by atoms with Crippen LogP contribution in [0.5, 0.6) is 11.5 Å². The van der Waals surface area contributed by atoms with Gasteiger partial charge < -0.3 is 9.47 Å². The molecule has 0 saturated heterocycles. The van der Waals surface area contributed by atoms with Crippen LogP contribution in [0.3, 0.4) is 0 Å². The fourth-order valence-corrected chi connectivity index (χ4v) is 4.19. The van der Waals surface area contributed by atoms with Gasteiger partial charge in [-0.15, -0.1) is 0 Å². The molecule has 0 radical (unpaired) electrons. The van der Waals surface area contributed by atoms with Gasteiger partial charge in [0, 0.05) is 23.3 Å². The van der Waals surface area contributed by atoms with Gasteiger partial charge in [-0.2, -0.15) is 0 Å². The average Bonchev–Trinajstić information content (AvgIpc) is 3.29. The van der Waals surface area contributed by atoms with E-state index in [2.05, 4.69) is 0 Å². The van der Waals surface area contributed by atoms with Crippen LogP contribution in [-0.4, -0.2) is 38.1 Å². The zero-order valence-corrected chi connectivity index (χ0v) is 16.4. The van der Waals surface area contributed by atoms with Crippen LogP contribution in [0.4, 0.5) is 10.1 Å². The van der Waals surface area contributed by atoms with E-state index in [1.807, 2.05) is 37.2 Å². The van der Waals surface area contributed by atoms with Gasteiger partial charge in [0.15, 0.2) is 17.3 Å². The van der Waals surface area contributed by atoms with Gasteiger partial charge >= 0.3 is 0 Å². The van der Waals surface area contributed by atoms with Crippen LogP contribution in [-0.2, 0) is 0 Å². The first kappa shape index (κ1) is 18.7. The third-order valence-corrected chi connectivity index (χ3v) is 5.51. The van der Waals surface area contributed by atoms with E-state index >= 15 is 4.39 Å². The number of rotatable bonds is 5. The molecule has 6 heteroatoms. The summed E-state index contributed by atoms with van der Waals surface area (Å²) >= 11 is 0. The Kier molecular flexibility index (Phi) is 4.98. The molecule has 2 aromatic carbocycles. The minimum absolute atomic E-state index is 0.100. The van der Waals surface area contributed by atoms with Crippen LogP contribution in [0.1, 0.15) is 47.8 Å². The Bertz CT molecular complexity index is 893. The molecule has 1 unspecified atom stereocenters. The molecule has 2 aromatic rings. The summed E-state index contributed by atoms with van der Waals surface area (Å²) in [6, 6.07) is 10.3. The predicted molar refractivity (Wildman–Crippen MR) is 106 cm³/mol. The van der Waals surface area contributed by atoms with E-state index in [9.17, 15) is 4.79 Å². The fraction of sp³-hybridized carbons (Fsp3) is 0.409. The van der Waals surface area contributed by atoms with Crippen molar-refractivity contribution in [3.05, 3.63) is 53.3 Å². The molecule has 1 aliphatic carbocycles. The smallest absolute Gasteiger partial charge is 0.260 e. The normalized spacial score (nSPS) is 19.4. The van der Waals surface area contributed by atoms with Crippen molar-refractivity contribution in [2.75, 3.05) is 26.1 Å². The summed E-state index contributed by atoms with van der Waals surface area (Å²) in [7, 11) is 5.25. The molecule has 0 bridgehead atoms. The lowest BCUT2D eigenvalue weighted by Crippen LogP contribution is -2.36. The number of amides is 1. The topological polar surface area (TPSA) is 42.0 Å². The number of fused-ring (bicyclic) bond motifs is 1. The third kappa shape index (κ3) is 3.11. The molecule has 0 N–H and O–H groups in total. The van der Waals surface area contributed by atoms with Gasteiger partial charge in [0.05, 0.1) is 18.9 Å². The number of nitrogens with zero attached hydrogens (tertiary/aromatic N) is 2. The van der Waals surface area contributed by atoms with Crippen molar-refractivity contribution in [3.8, 4) is 11.5 Å². The molecule has 2 aliphatic rings. The second kappa shape index (κ2) is 7.43. The summed E-state index contributed by atoms with van der Waals surface area (Å²) in [6.45, 7) is 0. The summed E-state index contributed by atoms with van der Waals surface area (Å²) in [5.74, 6) is 0.0968. The van der Waals surface area contributed by atoms with E-state index in [1.165, 1.54) is 18.1 Å². The van der Waals surface area contributed by atoms with Gasteiger partial charge in [0.25, 0.3) is 5.91 Å². The molecule has 28 heavy (non-hydrogen) atoms. The number of carbonyl (C=O) groups excluding carboxylic acids is 1. The number of methoxy groups -OCH3 is 1. The van der Waals surface area contributed by atoms with Crippen LogP contribution < -0.4 is 14.4 Å². The largest absolute Gasteiger partial charge is 0.493 e. The van der Waals surface area contributed by atoms with Gasteiger partial charge in [-0.3, -0.25) is 14.6 Å². The Morgan fingerprint density at radius 1 is 1.11 bits per heavy atom. The zero-order chi connectivity index (χ0) is 19.8. The molecule has 1 fully saturated rings. The molecule has 1 atom stereocenters. The van der Waals surface area contributed by atoms with Crippen LogP contribution in [0, 0.1) is 5.82 Å². The van der Waals surface area contributed by atoms with Crippen molar-refractivity contribution in [2.45, 2.75) is 38.0 Å². The molecule has 1 amide bonds. The second-order valence-corrected chi connectivity index (χ2v) is 7.58. The SMILES string of the molecule is COc1cc(F)c(N2C(=O)c3ccccc3C2N(C)C)cc1OC1CCCC1. The first-order valence-electron chi connectivity index (χ1n) is 9.64. The molecular formula is C22H25FN2O3. The Morgan fingerprint density at radius 2 is 1.82 bits per heavy atom. The Morgan fingerprint density at radius 3 is 2.50 bits per heavy atom. The first-order chi connectivity index (χ1) is 13.5. The maximum absolute atomic E-state index is 15.1. The number of halogens is 1. The molecule has 0 spiro atoms. The van der Waals surface area contributed by atoms with Crippen molar-refractivity contribution in [1.29, 1.82) is 0 Å². The van der Waals surface area contributed by atoms with Crippen molar-refractivity contribution < 1.29 is 18.7 Å². The van der Waals surface area contributed by atoms with E-state index in [0.717, 1.165) is 31.2 Å². The molecule has 1 aliphatic heterocycles. The highest BCUT2D eigenvalue weighted by Crippen LogP contribution is 2.43. The predicted octanol–water partition coefficient (Wildman–Crippen LogP) is 4.38. The summed E-state index contributed by atoms with van der Waals surface area (Å²) in [5, 5.41) is 0. The Labute approximate surface area is 164 Å². The van der Waals surface area contributed by atoms with Crippen molar-refractivity contribution in [1.82, 2.24) is 4.90 Å². The quantitative estimate of drug-likeness (QED) is 0.767. The number of anilines is 1. The highest BCUT2D eigenvalue weighted by molar-refractivity contribution is 6.11. The average molecular weight is 384 g/mol. The number of carbonyl (C=O) groups is 1. The van der Waals surface area contributed by atoms with Crippen molar-refractivity contribution >= 4 is 11.6 Å². The van der Waals surface area contributed by atoms with E-state index in [0.29, 0.717) is 17.1 Å². The minimum atomic E-state index is -0.511. The number of ether oxygens (including phenoxy) is 2. The van der Waals surface area contributed by atoms with Crippen LogP contribution in [0.25, 0.3) is 0 Å². The first-order valence-corrected chi connectivity index (χ1v) is 9.64. The van der Waals surface area contributed by atoms with Crippen molar-refractivity contribution in [2.24, 2.45) is 0 Å². The van der Waals surface area contributed by atoms with E-state index in [1.54, 1.807) is 12.1 Å². The fourth-order valence-electron chi connectivity index (χ4n) is 4.19. The molecule has 1 heterocycles. The molecule has 4 rings (SSSR count).